The molecular weight excluding hydrogens is 380 g/mol. The number of hydrogen-bond acceptors (Lipinski definition) is 5. The fourth-order valence-corrected chi connectivity index (χ4v) is 2.89. The molecule has 0 radical (unpaired) electrons. The normalized spacial score (nSPS) is 12.0. The quantitative estimate of drug-likeness (QED) is 0.508. The molecule has 6 heteroatoms. The smallest absolute Gasteiger partial charge is 0.347 e. The predicted molar refractivity (Wildman–Crippen MR) is 109 cm³/mol. The Hall–Kier alpha value is -2.79. The Kier molecular flexibility index (Phi) is 6.37. The van der Waals surface area contributed by atoms with E-state index in [2.05, 4.69) is 0 Å². The highest BCUT2D eigenvalue weighted by molar-refractivity contribution is 6.30. The SMILES string of the molecule is CCCOC(=O)C(CC)Oc1ccc2c(=O)c(-c3ccc(Cl)cc3)coc2c1. The summed E-state index contributed by atoms with van der Waals surface area (Å²) in [5.41, 5.74) is 1.42. The molecule has 0 N–H and O–H groups in total. The van der Waals surface area contributed by atoms with Crippen LogP contribution in [0.1, 0.15) is 26.7 Å². The van der Waals surface area contributed by atoms with E-state index in [-0.39, 0.29) is 5.43 Å². The molecule has 0 fully saturated rings. The second-order valence-corrected chi connectivity index (χ2v) is 6.76. The van der Waals surface area contributed by atoms with Crippen molar-refractivity contribution in [2.45, 2.75) is 32.8 Å². The van der Waals surface area contributed by atoms with Crippen molar-refractivity contribution in [1.82, 2.24) is 0 Å². The first-order valence-electron chi connectivity index (χ1n) is 9.18. The molecule has 3 rings (SSSR count). The molecule has 28 heavy (non-hydrogen) atoms. The van der Waals surface area contributed by atoms with E-state index in [1.165, 1.54) is 6.26 Å². The zero-order chi connectivity index (χ0) is 20.1. The van der Waals surface area contributed by atoms with Crippen molar-refractivity contribution in [3.63, 3.8) is 0 Å². The molecule has 0 aliphatic rings. The van der Waals surface area contributed by atoms with Crippen LogP contribution in [0.2, 0.25) is 5.02 Å². The Morgan fingerprint density at radius 1 is 1.14 bits per heavy atom. The average Bonchev–Trinajstić information content (AvgIpc) is 2.71. The van der Waals surface area contributed by atoms with Crippen LogP contribution in [0.25, 0.3) is 22.1 Å². The van der Waals surface area contributed by atoms with Crippen LogP contribution in [0.15, 0.2) is 57.9 Å². The Labute approximate surface area is 167 Å². The van der Waals surface area contributed by atoms with Gasteiger partial charge in [0.25, 0.3) is 0 Å². The van der Waals surface area contributed by atoms with Crippen LogP contribution in [0.3, 0.4) is 0 Å². The molecule has 146 valence electrons. The third kappa shape index (κ3) is 4.37. The lowest BCUT2D eigenvalue weighted by Gasteiger charge is -2.16. The molecule has 0 saturated carbocycles. The highest BCUT2D eigenvalue weighted by Crippen LogP contribution is 2.25. The second-order valence-electron chi connectivity index (χ2n) is 6.33. The van der Waals surface area contributed by atoms with Gasteiger partial charge in [0, 0.05) is 11.1 Å². The van der Waals surface area contributed by atoms with Crippen molar-refractivity contribution >= 4 is 28.5 Å². The predicted octanol–water partition coefficient (Wildman–Crippen LogP) is 5.22. The summed E-state index contributed by atoms with van der Waals surface area (Å²) in [6.07, 6.45) is 1.94. The number of hydrogen-bond donors (Lipinski definition) is 0. The van der Waals surface area contributed by atoms with E-state index < -0.39 is 12.1 Å². The van der Waals surface area contributed by atoms with Gasteiger partial charge in [0.1, 0.15) is 17.6 Å². The van der Waals surface area contributed by atoms with Crippen LogP contribution >= 0.6 is 11.6 Å². The van der Waals surface area contributed by atoms with Crippen molar-refractivity contribution in [1.29, 1.82) is 0 Å². The van der Waals surface area contributed by atoms with Gasteiger partial charge in [0.2, 0.25) is 0 Å². The van der Waals surface area contributed by atoms with Gasteiger partial charge in [-0.1, -0.05) is 37.6 Å². The minimum atomic E-state index is -0.705. The van der Waals surface area contributed by atoms with Crippen LogP contribution in [-0.2, 0) is 9.53 Å². The van der Waals surface area contributed by atoms with Gasteiger partial charge in [-0.2, -0.15) is 0 Å². The Bertz CT molecular complexity index is 1020. The summed E-state index contributed by atoms with van der Waals surface area (Å²) in [4.78, 5) is 24.9. The number of esters is 1. The molecule has 0 bridgehead atoms. The summed E-state index contributed by atoms with van der Waals surface area (Å²) in [7, 11) is 0. The van der Waals surface area contributed by atoms with Crippen molar-refractivity contribution in [3.8, 4) is 16.9 Å². The number of carbonyl (C=O) groups excluding carboxylic acids is 1. The molecule has 0 saturated heterocycles. The van der Waals surface area contributed by atoms with Gasteiger partial charge in [-0.25, -0.2) is 4.79 Å². The van der Waals surface area contributed by atoms with Gasteiger partial charge < -0.3 is 13.9 Å². The van der Waals surface area contributed by atoms with Gasteiger partial charge in [-0.3, -0.25) is 4.79 Å². The van der Waals surface area contributed by atoms with E-state index in [0.29, 0.717) is 40.3 Å². The van der Waals surface area contributed by atoms with Gasteiger partial charge in [0.15, 0.2) is 11.5 Å². The molecule has 5 nitrogen and oxygen atoms in total. The van der Waals surface area contributed by atoms with Crippen LogP contribution in [0, 0.1) is 0 Å². The van der Waals surface area contributed by atoms with E-state index in [1.807, 2.05) is 13.8 Å². The molecule has 2 aromatic carbocycles. The first kappa shape index (κ1) is 20.0. The maximum atomic E-state index is 12.8. The van der Waals surface area contributed by atoms with E-state index in [4.69, 9.17) is 25.5 Å². The molecule has 0 spiro atoms. The number of fused-ring (bicyclic) bond motifs is 1. The average molecular weight is 401 g/mol. The van der Waals surface area contributed by atoms with Crippen LogP contribution in [0.4, 0.5) is 0 Å². The maximum absolute atomic E-state index is 12.8. The summed E-state index contributed by atoms with van der Waals surface area (Å²) >= 11 is 5.91. The lowest BCUT2D eigenvalue weighted by Crippen LogP contribution is -2.28. The lowest BCUT2D eigenvalue weighted by atomic mass is 10.1. The minimum absolute atomic E-state index is 0.149. The molecule has 3 aromatic rings. The molecule has 1 heterocycles. The van der Waals surface area contributed by atoms with Gasteiger partial charge in [-0.05, 0) is 42.7 Å². The standard InChI is InChI=1S/C22H21ClO5/c1-3-11-26-22(25)19(4-2)28-16-9-10-17-20(12-16)27-13-18(21(17)24)14-5-7-15(23)8-6-14/h5-10,12-13,19H,3-4,11H2,1-2H3. The topological polar surface area (TPSA) is 65.7 Å². The highest BCUT2D eigenvalue weighted by Gasteiger charge is 2.20. The van der Waals surface area contributed by atoms with Crippen LogP contribution in [-0.4, -0.2) is 18.7 Å². The minimum Gasteiger partial charge on any atom is -0.479 e. The van der Waals surface area contributed by atoms with Gasteiger partial charge in [-0.15, -0.1) is 0 Å². The van der Waals surface area contributed by atoms with E-state index in [9.17, 15) is 9.59 Å². The Balaban J connectivity index is 1.88. The summed E-state index contributed by atoms with van der Waals surface area (Å²) < 4.78 is 16.6. The monoisotopic (exact) mass is 400 g/mol. The Morgan fingerprint density at radius 2 is 1.89 bits per heavy atom. The van der Waals surface area contributed by atoms with Crippen molar-refractivity contribution < 1.29 is 18.7 Å². The summed E-state index contributed by atoms with van der Waals surface area (Å²) in [6, 6.07) is 11.9. The third-order valence-corrected chi connectivity index (χ3v) is 4.51. The fourth-order valence-electron chi connectivity index (χ4n) is 2.77. The second kappa shape index (κ2) is 8.93. The number of carbonyl (C=O) groups is 1. The van der Waals surface area contributed by atoms with Crippen LogP contribution < -0.4 is 10.2 Å². The summed E-state index contributed by atoms with van der Waals surface area (Å²) in [5.74, 6) is 0.0409. The van der Waals surface area contributed by atoms with Crippen molar-refractivity contribution in [3.05, 3.63) is 64.0 Å². The zero-order valence-corrected chi connectivity index (χ0v) is 16.5. The summed E-state index contributed by atoms with van der Waals surface area (Å²) in [6.45, 7) is 4.13. The van der Waals surface area contributed by atoms with Gasteiger partial charge >= 0.3 is 5.97 Å². The number of ether oxygens (including phenoxy) is 2. The molecule has 0 aliphatic carbocycles. The molecule has 0 aliphatic heterocycles. The maximum Gasteiger partial charge on any atom is 0.347 e. The number of rotatable bonds is 7. The molecular formula is C22H21ClO5. The van der Waals surface area contributed by atoms with Crippen molar-refractivity contribution in [2.24, 2.45) is 0 Å². The summed E-state index contributed by atoms with van der Waals surface area (Å²) in [5, 5.41) is 1.03. The first-order chi connectivity index (χ1) is 13.5. The van der Waals surface area contributed by atoms with E-state index in [0.717, 1.165) is 12.0 Å². The third-order valence-electron chi connectivity index (χ3n) is 4.26. The lowest BCUT2D eigenvalue weighted by molar-refractivity contribution is -0.152. The van der Waals surface area contributed by atoms with Crippen LogP contribution in [0.5, 0.6) is 5.75 Å². The van der Waals surface area contributed by atoms with E-state index in [1.54, 1.807) is 42.5 Å². The molecule has 1 atom stereocenters. The van der Waals surface area contributed by atoms with Gasteiger partial charge in [0.05, 0.1) is 17.6 Å². The molecule has 1 aromatic heterocycles. The fraction of sp³-hybridized carbons (Fsp3) is 0.273. The largest absolute Gasteiger partial charge is 0.479 e. The highest BCUT2D eigenvalue weighted by atomic mass is 35.5. The number of halogens is 1. The first-order valence-corrected chi connectivity index (χ1v) is 9.56. The number of benzene rings is 2. The Morgan fingerprint density at radius 3 is 2.57 bits per heavy atom. The zero-order valence-electron chi connectivity index (χ0n) is 15.7. The van der Waals surface area contributed by atoms with E-state index >= 15 is 0 Å². The van der Waals surface area contributed by atoms with Crippen molar-refractivity contribution in [2.75, 3.05) is 6.61 Å². The molecule has 0 amide bonds. The molecule has 1 unspecified atom stereocenters.